The number of hydrogen-bond donors (Lipinski definition) is 0. The molecule has 0 aliphatic carbocycles. The van der Waals surface area contributed by atoms with Crippen LogP contribution in [0.25, 0.3) is 11.6 Å². The number of fused-ring (bicyclic) bond motifs is 2. The van der Waals surface area contributed by atoms with Crippen molar-refractivity contribution in [2.75, 3.05) is 11.7 Å². The Morgan fingerprint density at radius 3 is 2.74 bits per heavy atom. The lowest BCUT2D eigenvalue weighted by atomic mass is 10.0. The Hall–Kier alpha value is -3.08. The van der Waals surface area contributed by atoms with Crippen LogP contribution < -0.4 is 14.4 Å². The smallest absolute Gasteiger partial charge is 0.265 e. The van der Waals surface area contributed by atoms with Gasteiger partial charge in [0.25, 0.3) is 5.91 Å². The molecule has 0 N–H and O–H groups in total. The number of carbonyl (C=O) groups is 2. The maximum atomic E-state index is 12.6. The SMILES string of the molecule is CC(=O)N1C(=O)C(=Cc2ccc3c(c2)OCO3)c2ccccc21. The summed E-state index contributed by atoms with van der Waals surface area (Å²) in [4.78, 5) is 25.6. The minimum atomic E-state index is -0.309. The van der Waals surface area contributed by atoms with E-state index >= 15 is 0 Å². The summed E-state index contributed by atoms with van der Waals surface area (Å²) in [6.45, 7) is 1.59. The summed E-state index contributed by atoms with van der Waals surface area (Å²) in [6, 6.07) is 12.8. The van der Waals surface area contributed by atoms with E-state index in [-0.39, 0.29) is 18.6 Å². The van der Waals surface area contributed by atoms with E-state index in [1.165, 1.54) is 11.8 Å². The number of anilines is 1. The van der Waals surface area contributed by atoms with E-state index < -0.39 is 0 Å². The average molecular weight is 307 g/mol. The lowest BCUT2D eigenvalue weighted by Crippen LogP contribution is -2.30. The number of imide groups is 1. The van der Waals surface area contributed by atoms with E-state index in [9.17, 15) is 9.59 Å². The molecule has 0 radical (unpaired) electrons. The van der Waals surface area contributed by atoms with Gasteiger partial charge in [-0.05, 0) is 29.8 Å². The van der Waals surface area contributed by atoms with E-state index in [2.05, 4.69) is 0 Å². The van der Waals surface area contributed by atoms with Crippen molar-refractivity contribution in [1.29, 1.82) is 0 Å². The monoisotopic (exact) mass is 307 g/mol. The first-order valence-corrected chi connectivity index (χ1v) is 7.21. The van der Waals surface area contributed by atoms with Crippen LogP contribution in [0.15, 0.2) is 42.5 Å². The Labute approximate surface area is 132 Å². The third-order valence-electron chi connectivity index (χ3n) is 3.89. The van der Waals surface area contributed by atoms with Crippen LogP contribution in [-0.4, -0.2) is 18.6 Å². The summed E-state index contributed by atoms with van der Waals surface area (Å²) >= 11 is 0. The van der Waals surface area contributed by atoms with Gasteiger partial charge in [0.15, 0.2) is 11.5 Å². The number of ether oxygens (including phenoxy) is 2. The third kappa shape index (κ3) is 2.09. The van der Waals surface area contributed by atoms with E-state index in [4.69, 9.17) is 9.47 Å². The molecule has 0 bridgehead atoms. The van der Waals surface area contributed by atoms with E-state index in [1.807, 2.05) is 36.4 Å². The Bertz CT molecular complexity index is 869. The first-order valence-electron chi connectivity index (χ1n) is 7.21. The molecule has 23 heavy (non-hydrogen) atoms. The predicted octanol–water partition coefficient (Wildman–Crippen LogP) is 2.85. The molecule has 2 aliphatic rings. The number of benzene rings is 2. The fourth-order valence-electron chi connectivity index (χ4n) is 2.86. The van der Waals surface area contributed by atoms with Gasteiger partial charge < -0.3 is 9.47 Å². The average Bonchev–Trinajstić information content (AvgIpc) is 3.10. The fourth-order valence-corrected chi connectivity index (χ4v) is 2.86. The highest BCUT2D eigenvalue weighted by Crippen LogP contribution is 2.39. The van der Waals surface area contributed by atoms with Crippen LogP contribution in [0.1, 0.15) is 18.1 Å². The van der Waals surface area contributed by atoms with E-state index in [0.717, 1.165) is 11.1 Å². The minimum Gasteiger partial charge on any atom is -0.454 e. The topological polar surface area (TPSA) is 55.8 Å². The molecular weight excluding hydrogens is 294 g/mol. The molecule has 2 aromatic rings. The van der Waals surface area contributed by atoms with Crippen molar-refractivity contribution in [2.45, 2.75) is 6.92 Å². The molecular formula is C18H13NO4. The summed E-state index contributed by atoms with van der Waals surface area (Å²) in [6.07, 6.45) is 1.77. The summed E-state index contributed by atoms with van der Waals surface area (Å²) in [5, 5.41) is 0. The summed E-state index contributed by atoms with van der Waals surface area (Å²) < 4.78 is 10.6. The second-order valence-electron chi connectivity index (χ2n) is 5.35. The highest BCUT2D eigenvalue weighted by atomic mass is 16.7. The van der Waals surface area contributed by atoms with Crippen LogP contribution in [0.2, 0.25) is 0 Å². The molecule has 4 rings (SSSR count). The van der Waals surface area contributed by atoms with E-state index in [1.54, 1.807) is 12.1 Å². The number of para-hydroxylation sites is 1. The molecule has 2 aromatic carbocycles. The standard InChI is InChI=1S/C18H13NO4/c1-11(20)19-15-5-3-2-4-13(15)14(18(19)21)8-12-6-7-16-17(9-12)23-10-22-16/h2-9H,10H2,1H3. The maximum absolute atomic E-state index is 12.6. The number of rotatable bonds is 1. The van der Waals surface area contributed by atoms with Gasteiger partial charge in [-0.2, -0.15) is 0 Å². The van der Waals surface area contributed by atoms with Gasteiger partial charge in [-0.25, -0.2) is 4.90 Å². The summed E-state index contributed by atoms with van der Waals surface area (Å²) in [7, 11) is 0. The van der Waals surface area contributed by atoms with Gasteiger partial charge in [0, 0.05) is 12.5 Å². The second kappa shape index (κ2) is 4.98. The molecule has 0 aromatic heterocycles. The molecule has 0 atom stereocenters. The molecule has 5 nitrogen and oxygen atoms in total. The lowest BCUT2D eigenvalue weighted by molar-refractivity contribution is -0.122. The van der Waals surface area contributed by atoms with Crippen molar-refractivity contribution in [1.82, 2.24) is 0 Å². The van der Waals surface area contributed by atoms with Crippen LogP contribution in [0.3, 0.4) is 0 Å². The van der Waals surface area contributed by atoms with Gasteiger partial charge in [-0.15, -0.1) is 0 Å². The normalized spacial score (nSPS) is 16.8. The first kappa shape index (κ1) is 13.6. The zero-order chi connectivity index (χ0) is 16.0. The Morgan fingerprint density at radius 1 is 1.13 bits per heavy atom. The van der Waals surface area contributed by atoms with Gasteiger partial charge in [0.1, 0.15) is 0 Å². The second-order valence-corrected chi connectivity index (χ2v) is 5.35. The Morgan fingerprint density at radius 2 is 1.91 bits per heavy atom. The molecule has 0 unspecified atom stereocenters. The first-order chi connectivity index (χ1) is 11.1. The molecule has 0 saturated carbocycles. The molecule has 2 heterocycles. The van der Waals surface area contributed by atoms with Gasteiger partial charge in [-0.1, -0.05) is 24.3 Å². The summed E-state index contributed by atoms with van der Waals surface area (Å²) in [5.74, 6) is 0.741. The Kier molecular flexibility index (Phi) is 2.94. The number of nitrogens with zero attached hydrogens (tertiary/aromatic N) is 1. The van der Waals surface area contributed by atoms with Gasteiger partial charge in [-0.3, -0.25) is 9.59 Å². The zero-order valence-electron chi connectivity index (χ0n) is 12.4. The Balaban J connectivity index is 1.82. The third-order valence-corrected chi connectivity index (χ3v) is 3.89. The van der Waals surface area contributed by atoms with Crippen LogP contribution in [0.4, 0.5) is 5.69 Å². The highest BCUT2D eigenvalue weighted by Gasteiger charge is 2.34. The van der Waals surface area contributed by atoms with Crippen LogP contribution in [-0.2, 0) is 9.59 Å². The minimum absolute atomic E-state index is 0.204. The fraction of sp³-hybridized carbons (Fsp3) is 0.111. The van der Waals surface area contributed by atoms with Crippen molar-refractivity contribution in [3.63, 3.8) is 0 Å². The molecule has 114 valence electrons. The van der Waals surface area contributed by atoms with Crippen molar-refractivity contribution < 1.29 is 19.1 Å². The molecule has 2 aliphatic heterocycles. The molecule has 0 saturated heterocycles. The van der Waals surface area contributed by atoms with Crippen molar-refractivity contribution >= 4 is 29.2 Å². The van der Waals surface area contributed by atoms with Crippen LogP contribution in [0.5, 0.6) is 11.5 Å². The van der Waals surface area contributed by atoms with Crippen molar-refractivity contribution in [3.05, 3.63) is 53.6 Å². The van der Waals surface area contributed by atoms with Crippen LogP contribution >= 0.6 is 0 Å². The highest BCUT2D eigenvalue weighted by molar-refractivity contribution is 6.41. The number of hydrogen-bond acceptors (Lipinski definition) is 4. The quantitative estimate of drug-likeness (QED) is 0.760. The molecule has 5 heteroatoms. The van der Waals surface area contributed by atoms with Crippen molar-refractivity contribution in [2.24, 2.45) is 0 Å². The lowest BCUT2D eigenvalue weighted by Gasteiger charge is -2.11. The van der Waals surface area contributed by atoms with E-state index in [0.29, 0.717) is 22.8 Å². The van der Waals surface area contributed by atoms with Gasteiger partial charge in [0.2, 0.25) is 12.7 Å². The number of carbonyl (C=O) groups excluding carboxylic acids is 2. The zero-order valence-corrected chi connectivity index (χ0v) is 12.4. The molecule has 0 spiro atoms. The molecule has 2 amide bonds. The van der Waals surface area contributed by atoms with Gasteiger partial charge >= 0.3 is 0 Å². The largest absolute Gasteiger partial charge is 0.454 e. The van der Waals surface area contributed by atoms with Crippen LogP contribution in [0, 0.1) is 0 Å². The van der Waals surface area contributed by atoms with Gasteiger partial charge in [0.05, 0.1) is 11.3 Å². The summed E-state index contributed by atoms with van der Waals surface area (Å²) in [5.41, 5.74) is 2.69. The predicted molar refractivity (Wildman–Crippen MR) is 85.0 cm³/mol. The van der Waals surface area contributed by atoms with Crippen molar-refractivity contribution in [3.8, 4) is 11.5 Å². The number of amides is 2. The molecule has 0 fully saturated rings. The maximum Gasteiger partial charge on any atom is 0.265 e.